The number of aromatic hydroxyl groups is 1. The quantitative estimate of drug-likeness (QED) is 0.887. The summed E-state index contributed by atoms with van der Waals surface area (Å²) in [5, 5.41) is 19.0. The lowest BCUT2D eigenvalue weighted by molar-refractivity contribution is 0.205. The van der Waals surface area contributed by atoms with Crippen LogP contribution in [-0.2, 0) is 0 Å². The largest absolute Gasteiger partial charge is 0.504 e. The molecule has 0 aliphatic carbocycles. The van der Waals surface area contributed by atoms with Gasteiger partial charge in [-0.15, -0.1) is 0 Å². The molecule has 2 N–H and O–H groups in total. The summed E-state index contributed by atoms with van der Waals surface area (Å²) in [6.07, 6.45) is -1.13. The number of methoxy groups -OCH3 is 1. The first-order chi connectivity index (χ1) is 9.13. The van der Waals surface area contributed by atoms with Gasteiger partial charge in [-0.3, -0.25) is 0 Å². The van der Waals surface area contributed by atoms with Gasteiger partial charge in [0.15, 0.2) is 11.5 Å². The molecule has 5 nitrogen and oxygen atoms in total. The number of anilines is 2. The molecule has 98 valence electrons. The predicted octanol–water partition coefficient (Wildman–Crippen LogP) is 3.22. The fraction of sp³-hybridized carbons (Fsp3) is 0.0714. The second-order valence-corrected chi connectivity index (χ2v) is 3.81. The molecular weight excluding hydrogens is 246 g/mol. The van der Waals surface area contributed by atoms with Crippen molar-refractivity contribution in [3.8, 4) is 11.5 Å². The van der Waals surface area contributed by atoms with Gasteiger partial charge in [-0.05, 0) is 24.3 Å². The topological polar surface area (TPSA) is 70.0 Å². The number of rotatable bonds is 3. The molecule has 0 saturated carbocycles. The minimum absolute atomic E-state index is 0.109. The molecule has 5 heteroatoms. The summed E-state index contributed by atoms with van der Waals surface area (Å²) in [5.41, 5.74) is 0.844. The highest BCUT2D eigenvalue weighted by Gasteiger charge is 2.17. The van der Waals surface area contributed by atoms with Crippen LogP contribution < -0.4 is 9.64 Å². The first-order valence-electron chi connectivity index (χ1n) is 5.58. The normalized spacial score (nSPS) is 9.95. The zero-order valence-electron chi connectivity index (χ0n) is 10.3. The zero-order chi connectivity index (χ0) is 13.8. The monoisotopic (exact) mass is 259 g/mol. The molecule has 19 heavy (non-hydrogen) atoms. The number of phenols is 1. The Morgan fingerprint density at radius 1 is 1.11 bits per heavy atom. The van der Waals surface area contributed by atoms with Gasteiger partial charge in [-0.25, -0.2) is 9.69 Å². The van der Waals surface area contributed by atoms with E-state index in [1.54, 1.807) is 36.4 Å². The third-order valence-electron chi connectivity index (χ3n) is 2.63. The average Bonchev–Trinajstić information content (AvgIpc) is 2.40. The number of hydrogen-bond donors (Lipinski definition) is 2. The van der Waals surface area contributed by atoms with Crippen LogP contribution in [0, 0.1) is 0 Å². The lowest BCUT2D eigenvalue weighted by Gasteiger charge is -2.20. The van der Waals surface area contributed by atoms with E-state index in [-0.39, 0.29) is 5.75 Å². The second-order valence-electron chi connectivity index (χ2n) is 3.81. The molecule has 0 aromatic heterocycles. The summed E-state index contributed by atoms with van der Waals surface area (Å²) in [7, 11) is 1.43. The second kappa shape index (κ2) is 5.30. The highest BCUT2D eigenvalue weighted by Crippen LogP contribution is 2.33. The van der Waals surface area contributed by atoms with E-state index in [0.29, 0.717) is 17.1 Å². The average molecular weight is 259 g/mol. The van der Waals surface area contributed by atoms with Gasteiger partial charge in [0.2, 0.25) is 0 Å². The van der Waals surface area contributed by atoms with Gasteiger partial charge in [0, 0.05) is 6.07 Å². The van der Waals surface area contributed by atoms with E-state index < -0.39 is 6.09 Å². The van der Waals surface area contributed by atoms with Crippen molar-refractivity contribution in [1.29, 1.82) is 0 Å². The number of carbonyl (C=O) groups is 1. The number of hydrogen-bond acceptors (Lipinski definition) is 3. The Morgan fingerprint density at radius 2 is 1.79 bits per heavy atom. The molecule has 0 spiro atoms. The van der Waals surface area contributed by atoms with Crippen LogP contribution in [0.5, 0.6) is 11.5 Å². The fourth-order valence-electron chi connectivity index (χ4n) is 1.76. The Hall–Kier alpha value is -2.69. The number of benzene rings is 2. The van der Waals surface area contributed by atoms with Crippen LogP contribution in [0.15, 0.2) is 48.5 Å². The van der Waals surface area contributed by atoms with Crippen molar-refractivity contribution in [1.82, 2.24) is 0 Å². The van der Waals surface area contributed by atoms with Crippen LogP contribution in [0.3, 0.4) is 0 Å². The van der Waals surface area contributed by atoms with E-state index >= 15 is 0 Å². The van der Waals surface area contributed by atoms with Crippen molar-refractivity contribution in [3.63, 3.8) is 0 Å². The van der Waals surface area contributed by atoms with Crippen molar-refractivity contribution in [2.24, 2.45) is 0 Å². The first kappa shape index (κ1) is 12.8. The van der Waals surface area contributed by atoms with Crippen LogP contribution in [-0.4, -0.2) is 23.4 Å². The molecular formula is C14H13NO4. The van der Waals surface area contributed by atoms with Crippen LogP contribution in [0.4, 0.5) is 16.2 Å². The summed E-state index contributed by atoms with van der Waals surface area (Å²) in [4.78, 5) is 12.5. The first-order valence-corrected chi connectivity index (χ1v) is 5.58. The number of nitrogens with zero attached hydrogens (tertiary/aromatic N) is 1. The lowest BCUT2D eigenvalue weighted by atomic mass is 10.2. The number of carboxylic acid groups (broad SMARTS) is 1. The lowest BCUT2D eigenvalue weighted by Crippen LogP contribution is -2.23. The standard InChI is InChI=1S/C14H13NO4/c1-19-13-8-7-11(9-12(13)16)15(14(17)18)10-5-3-2-4-6-10/h2-9,16H,1H3,(H,17,18). The predicted molar refractivity (Wildman–Crippen MR) is 71.3 cm³/mol. The zero-order valence-corrected chi connectivity index (χ0v) is 10.3. The molecule has 0 atom stereocenters. The molecule has 0 aliphatic heterocycles. The van der Waals surface area contributed by atoms with Crippen molar-refractivity contribution in [3.05, 3.63) is 48.5 Å². The highest BCUT2D eigenvalue weighted by atomic mass is 16.5. The molecule has 0 fully saturated rings. The maximum absolute atomic E-state index is 11.4. The Kier molecular flexibility index (Phi) is 3.56. The molecule has 0 radical (unpaired) electrons. The number of para-hydroxylation sites is 1. The summed E-state index contributed by atoms with van der Waals surface area (Å²) in [6, 6.07) is 13.1. The molecule has 0 heterocycles. The SMILES string of the molecule is COc1ccc(N(C(=O)O)c2ccccc2)cc1O. The van der Waals surface area contributed by atoms with Crippen molar-refractivity contribution in [2.45, 2.75) is 0 Å². The van der Waals surface area contributed by atoms with Crippen molar-refractivity contribution < 1.29 is 19.7 Å². The molecule has 2 aromatic rings. The van der Waals surface area contributed by atoms with Crippen molar-refractivity contribution >= 4 is 17.5 Å². The highest BCUT2D eigenvalue weighted by molar-refractivity contribution is 5.95. The Labute approximate surface area is 110 Å². The van der Waals surface area contributed by atoms with Crippen LogP contribution in [0.2, 0.25) is 0 Å². The van der Waals surface area contributed by atoms with Gasteiger partial charge < -0.3 is 14.9 Å². The fourth-order valence-corrected chi connectivity index (χ4v) is 1.76. The Balaban J connectivity index is 2.46. The van der Waals surface area contributed by atoms with Gasteiger partial charge in [0.1, 0.15) is 0 Å². The van der Waals surface area contributed by atoms with Gasteiger partial charge >= 0.3 is 6.09 Å². The maximum atomic E-state index is 11.4. The smallest absolute Gasteiger partial charge is 0.416 e. The number of ether oxygens (including phenoxy) is 1. The summed E-state index contributed by atoms with van der Waals surface area (Å²) < 4.78 is 4.93. The van der Waals surface area contributed by atoms with E-state index in [0.717, 1.165) is 4.90 Å². The molecule has 0 saturated heterocycles. The van der Waals surface area contributed by atoms with E-state index in [2.05, 4.69) is 0 Å². The number of phenolic OH excluding ortho intramolecular Hbond substituents is 1. The molecule has 0 unspecified atom stereocenters. The molecule has 2 rings (SSSR count). The Morgan fingerprint density at radius 3 is 2.32 bits per heavy atom. The van der Waals surface area contributed by atoms with E-state index in [1.807, 2.05) is 0 Å². The van der Waals surface area contributed by atoms with Crippen molar-refractivity contribution in [2.75, 3.05) is 12.0 Å². The molecule has 1 amide bonds. The van der Waals surface area contributed by atoms with Gasteiger partial charge in [0.05, 0.1) is 18.5 Å². The minimum Gasteiger partial charge on any atom is -0.504 e. The van der Waals surface area contributed by atoms with E-state index in [9.17, 15) is 15.0 Å². The minimum atomic E-state index is -1.13. The summed E-state index contributed by atoms with van der Waals surface area (Å²) in [5.74, 6) is 0.185. The molecule has 0 bridgehead atoms. The third-order valence-corrected chi connectivity index (χ3v) is 2.63. The third kappa shape index (κ3) is 2.60. The molecule has 0 aliphatic rings. The van der Waals surface area contributed by atoms with Gasteiger partial charge in [-0.2, -0.15) is 0 Å². The molecule has 2 aromatic carbocycles. The maximum Gasteiger partial charge on any atom is 0.416 e. The summed E-state index contributed by atoms with van der Waals surface area (Å²) in [6.45, 7) is 0. The van der Waals surface area contributed by atoms with Crippen LogP contribution in [0.25, 0.3) is 0 Å². The van der Waals surface area contributed by atoms with Crippen LogP contribution >= 0.6 is 0 Å². The van der Waals surface area contributed by atoms with Crippen LogP contribution in [0.1, 0.15) is 0 Å². The van der Waals surface area contributed by atoms with E-state index in [4.69, 9.17) is 4.74 Å². The summed E-state index contributed by atoms with van der Waals surface area (Å²) >= 11 is 0. The number of amides is 1. The Bertz CT molecular complexity index is 583. The van der Waals surface area contributed by atoms with Gasteiger partial charge in [-0.1, -0.05) is 18.2 Å². The van der Waals surface area contributed by atoms with E-state index in [1.165, 1.54) is 19.2 Å². The van der Waals surface area contributed by atoms with Gasteiger partial charge in [0.25, 0.3) is 0 Å².